The van der Waals surface area contributed by atoms with Gasteiger partial charge in [0.1, 0.15) is 5.69 Å². The number of nitrogens with one attached hydrogen (secondary N) is 1. The number of aryl methyl sites for hydroxylation is 2. The zero-order chi connectivity index (χ0) is 15.8. The Bertz CT molecular complexity index is 814. The molecule has 0 fully saturated rings. The van der Waals surface area contributed by atoms with Crippen LogP contribution in [0.15, 0.2) is 29.2 Å². The molecule has 0 spiro atoms. The zero-order valence-corrected chi connectivity index (χ0v) is 12.9. The molecule has 0 aliphatic carbocycles. The summed E-state index contributed by atoms with van der Waals surface area (Å²) < 4.78 is 23.9. The number of nitrogens with zero attached hydrogens (tertiary/aromatic N) is 2. The standard InChI is InChI=1S/C12H13ClN4O3S/c1-7-5-11(17(2)16-7)12(18)15-10-4-3-8(6-9(10)13)21(14,19)20/h3-6H,1-2H3,(H,15,18)(H2,14,19,20). The van der Waals surface area contributed by atoms with E-state index in [1.807, 2.05) is 0 Å². The lowest BCUT2D eigenvalue weighted by Gasteiger charge is -2.08. The molecule has 3 N–H and O–H groups in total. The Hall–Kier alpha value is -1.90. The van der Waals surface area contributed by atoms with Gasteiger partial charge in [0.2, 0.25) is 10.0 Å². The minimum atomic E-state index is -3.84. The average molecular weight is 329 g/mol. The van der Waals surface area contributed by atoms with Gasteiger partial charge in [0.15, 0.2) is 0 Å². The topological polar surface area (TPSA) is 107 Å². The van der Waals surface area contributed by atoms with Crippen LogP contribution in [-0.4, -0.2) is 24.1 Å². The van der Waals surface area contributed by atoms with E-state index in [2.05, 4.69) is 10.4 Å². The van der Waals surface area contributed by atoms with E-state index < -0.39 is 15.9 Å². The number of rotatable bonds is 3. The van der Waals surface area contributed by atoms with E-state index in [-0.39, 0.29) is 15.6 Å². The van der Waals surface area contributed by atoms with Crippen LogP contribution in [0.1, 0.15) is 16.2 Å². The summed E-state index contributed by atoms with van der Waals surface area (Å²) in [4.78, 5) is 12.0. The van der Waals surface area contributed by atoms with Crippen LogP contribution in [0.2, 0.25) is 5.02 Å². The van der Waals surface area contributed by atoms with Crippen LogP contribution in [0.25, 0.3) is 0 Å². The Kier molecular flexibility index (Phi) is 4.04. The summed E-state index contributed by atoms with van der Waals surface area (Å²) in [5, 5.41) is 11.7. The fourth-order valence-corrected chi connectivity index (χ4v) is 2.62. The number of halogens is 1. The van der Waals surface area contributed by atoms with Gasteiger partial charge in [-0.3, -0.25) is 9.48 Å². The molecule has 0 radical (unpaired) electrons. The first-order valence-corrected chi connectivity index (χ1v) is 7.75. The number of hydrogen-bond donors (Lipinski definition) is 2. The summed E-state index contributed by atoms with van der Waals surface area (Å²) in [5.41, 5.74) is 1.35. The predicted octanol–water partition coefficient (Wildman–Crippen LogP) is 1.28. The summed E-state index contributed by atoms with van der Waals surface area (Å²) in [5.74, 6) is -0.400. The number of benzene rings is 1. The molecule has 9 heteroatoms. The van der Waals surface area contributed by atoms with E-state index in [0.717, 1.165) is 0 Å². The molecule has 0 aliphatic rings. The molecule has 7 nitrogen and oxygen atoms in total. The van der Waals surface area contributed by atoms with Gasteiger partial charge in [0, 0.05) is 7.05 Å². The Labute approximate surface area is 126 Å². The average Bonchev–Trinajstić information content (AvgIpc) is 2.69. The minimum absolute atomic E-state index is 0.0776. The number of sulfonamides is 1. The summed E-state index contributed by atoms with van der Waals surface area (Å²) >= 11 is 5.95. The lowest BCUT2D eigenvalue weighted by Crippen LogP contribution is -2.17. The second kappa shape index (κ2) is 5.47. The second-order valence-corrected chi connectivity index (χ2v) is 6.40. The highest BCUT2D eigenvalue weighted by molar-refractivity contribution is 7.89. The lowest BCUT2D eigenvalue weighted by molar-refractivity contribution is 0.101. The minimum Gasteiger partial charge on any atom is -0.319 e. The number of anilines is 1. The van der Waals surface area contributed by atoms with Gasteiger partial charge < -0.3 is 5.32 Å². The maximum atomic E-state index is 12.1. The highest BCUT2D eigenvalue weighted by Crippen LogP contribution is 2.25. The molecule has 0 saturated carbocycles. The lowest BCUT2D eigenvalue weighted by atomic mass is 10.3. The van der Waals surface area contributed by atoms with Gasteiger partial charge in [-0.1, -0.05) is 11.6 Å². The van der Waals surface area contributed by atoms with Crippen molar-refractivity contribution in [2.75, 3.05) is 5.32 Å². The van der Waals surface area contributed by atoms with Crippen LogP contribution in [0, 0.1) is 6.92 Å². The van der Waals surface area contributed by atoms with Gasteiger partial charge in [0.25, 0.3) is 5.91 Å². The second-order valence-electron chi connectivity index (χ2n) is 4.44. The van der Waals surface area contributed by atoms with E-state index in [1.165, 1.54) is 22.9 Å². The molecule has 112 valence electrons. The smallest absolute Gasteiger partial charge is 0.273 e. The molecule has 0 unspecified atom stereocenters. The van der Waals surface area contributed by atoms with Crippen LogP contribution in [-0.2, 0) is 17.1 Å². The molecule has 1 amide bonds. The highest BCUT2D eigenvalue weighted by atomic mass is 35.5. The van der Waals surface area contributed by atoms with Crippen molar-refractivity contribution in [1.82, 2.24) is 9.78 Å². The molecule has 0 saturated heterocycles. The van der Waals surface area contributed by atoms with E-state index in [0.29, 0.717) is 11.4 Å². The largest absolute Gasteiger partial charge is 0.319 e. The van der Waals surface area contributed by atoms with Crippen molar-refractivity contribution in [2.24, 2.45) is 12.2 Å². The molecule has 1 aromatic heterocycles. The molecular formula is C12H13ClN4O3S. The van der Waals surface area contributed by atoms with Gasteiger partial charge >= 0.3 is 0 Å². The van der Waals surface area contributed by atoms with Crippen molar-refractivity contribution < 1.29 is 13.2 Å². The van der Waals surface area contributed by atoms with E-state index in [1.54, 1.807) is 20.0 Å². The monoisotopic (exact) mass is 328 g/mol. The van der Waals surface area contributed by atoms with Gasteiger partial charge in [-0.15, -0.1) is 0 Å². The van der Waals surface area contributed by atoms with Crippen LogP contribution < -0.4 is 10.5 Å². The van der Waals surface area contributed by atoms with Crippen molar-refractivity contribution in [2.45, 2.75) is 11.8 Å². The number of carbonyl (C=O) groups is 1. The number of nitrogens with two attached hydrogens (primary N) is 1. The number of aromatic nitrogens is 2. The molecule has 21 heavy (non-hydrogen) atoms. The molecule has 0 aliphatic heterocycles. The quantitative estimate of drug-likeness (QED) is 0.884. The fraction of sp³-hybridized carbons (Fsp3) is 0.167. The number of carbonyl (C=O) groups excluding carboxylic acids is 1. The third kappa shape index (κ3) is 3.41. The predicted molar refractivity (Wildman–Crippen MR) is 78.7 cm³/mol. The first kappa shape index (κ1) is 15.5. The van der Waals surface area contributed by atoms with E-state index in [4.69, 9.17) is 16.7 Å². The number of primary sulfonamides is 1. The third-order valence-electron chi connectivity index (χ3n) is 2.75. The van der Waals surface area contributed by atoms with Crippen LogP contribution in [0.5, 0.6) is 0 Å². The first-order valence-electron chi connectivity index (χ1n) is 5.83. The third-order valence-corrected chi connectivity index (χ3v) is 3.98. The normalized spacial score (nSPS) is 11.4. The van der Waals surface area contributed by atoms with Crippen LogP contribution >= 0.6 is 11.6 Å². The summed E-state index contributed by atoms with van der Waals surface area (Å²) in [6, 6.07) is 5.46. The first-order chi connectivity index (χ1) is 9.68. The Morgan fingerprint density at radius 3 is 2.52 bits per heavy atom. The van der Waals surface area contributed by atoms with Gasteiger partial charge in [0.05, 0.1) is 21.3 Å². The van der Waals surface area contributed by atoms with Crippen LogP contribution in [0.3, 0.4) is 0 Å². The molecule has 2 aromatic rings. The van der Waals surface area contributed by atoms with Crippen molar-refractivity contribution in [3.8, 4) is 0 Å². The van der Waals surface area contributed by atoms with Gasteiger partial charge in [-0.25, -0.2) is 13.6 Å². The Morgan fingerprint density at radius 1 is 1.38 bits per heavy atom. The van der Waals surface area contributed by atoms with E-state index in [9.17, 15) is 13.2 Å². The molecule has 1 heterocycles. The number of hydrogen-bond acceptors (Lipinski definition) is 4. The van der Waals surface area contributed by atoms with Crippen LogP contribution in [0.4, 0.5) is 5.69 Å². The Balaban J connectivity index is 2.28. The van der Waals surface area contributed by atoms with Crippen molar-refractivity contribution in [3.63, 3.8) is 0 Å². The van der Waals surface area contributed by atoms with E-state index >= 15 is 0 Å². The maximum Gasteiger partial charge on any atom is 0.273 e. The molecular weight excluding hydrogens is 316 g/mol. The number of amides is 1. The van der Waals surface area contributed by atoms with Gasteiger partial charge in [-0.2, -0.15) is 5.10 Å². The Morgan fingerprint density at radius 2 is 2.05 bits per heavy atom. The molecule has 0 atom stereocenters. The zero-order valence-electron chi connectivity index (χ0n) is 11.3. The van der Waals surface area contributed by atoms with Crippen molar-refractivity contribution in [3.05, 3.63) is 40.7 Å². The summed E-state index contributed by atoms with van der Waals surface area (Å²) in [6.07, 6.45) is 0. The molecule has 1 aromatic carbocycles. The van der Waals surface area contributed by atoms with Crippen molar-refractivity contribution in [1.29, 1.82) is 0 Å². The summed E-state index contributed by atoms with van der Waals surface area (Å²) in [6.45, 7) is 1.77. The summed E-state index contributed by atoms with van der Waals surface area (Å²) in [7, 11) is -2.19. The highest BCUT2D eigenvalue weighted by Gasteiger charge is 2.15. The molecule has 0 bridgehead atoms. The molecule has 2 rings (SSSR count). The fourth-order valence-electron chi connectivity index (χ4n) is 1.78. The maximum absolute atomic E-state index is 12.1. The van der Waals surface area contributed by atoms with Gasteiger partial charge in [-0.05, 0) is 31.2 Å². The van der Waals surface area contributed by atoms with Crippen molar-refractivity contribution >= 4 is 33.2 Å². The SMILES string of the molecule is Cc1cc(C(=O)Nc2ccc(S(N)(=O)=O)cc2Cl)n(C)n1.